The number of nitrogens with one attached hydrogen (secondary N) is 1. The second kappa shape index (κ2) is 7.67. The summed E-state index contributed by atoms with van der Waals surface area (Å²) in [5.41, 5.74) is 2.59. The van der Waals surface area contributed by atoms with Crippen LogP contribution >= 0.6 is 23.1 Å². The monoisotopic (exact) mass is 372 g/mol. The Morgan fingerprint density at radius 1 is 1.20 bits per heavy atom. The molecule has 3 rings (SSSR count). The molecule has 1 fully saturated rings. The third-order valence-corrected chi connectivity index (χ3v) is 5.24. The van der Waals surface area contributed by atoms with E-state index in [0.29, 0.717) is 10.5 Å². The number of thiophene rings is 1. The summed E-state index contributed by atoms with van der Waals surface area (Å²) in [7, 11) is 0. The van der Waals surface area contributed by atoms with E-state index in [9.17, 15) is 14.4 Å². The molecule has 1 aliphatic heterocycles. The molecule has 0 aliphatic carbocycles. The Morgan fingerprint density at radius 3 is 2.64 bits per heavy atom. The van der Waals surface area contributed by atoms with Crippen LogP contribution in [0.1, 0.15) is 21.5 Å². The summed E-state index contributed by atoms with van der Waals surface area (Å²) in [6.45, 7) is 2.37. The van der Waals surface area contributed by atoms with Gasteiger partial charge in [0.1, 0.15) is 0 Å². The Labute approximate surface area is 153 Å². The van der Waals surface area contributed by atoms with Gasteiger partial charge in [0.2, 0.25) is 0 Å². The summed E-state index contributed by atoms with van der Waals surface area (Å²) in [4.78, 5) is 37.9. The maximum atomic E-state index is 12.4. The molecule has 25 heavy (non-hydrogen) atoms. The molecule has 2 heterocycles. The van der Waals surface area contributed by atoms with Crippen LogP contribution in [0, 0.1) is 6.92 Å². The van der Waals surface area contributed by atoms with Gasteiger partial charge < -0.3 is 5.32 Å². The molecule has 0 radical (unpaired) electrons. The van der Waals surface area contributed by atoms with E-state index < -0.39 is 0 Å². The fourth-order valence-electron chi connectivity index (χ4n) is 2.28. The van der Waals surface area contributed by atoms with Gasteiger partial charge in [-0.15, -0.1) is 0 Å². The third kappa shape index (κ3) is 4.18. The lowest BCUT2D eigenvalue weighted by Gasteiger charge is -2.12. The van der Waals surface area contributed by atoms with Crippen molar-refractivity contribution in [2.45, 2.75) is 6.92 Å². The van der Waals surface area contributed by atoms with Gasteiger partial charge in [-0.3, -0.25) is 19.3 Å². The molecule has 0 spiro atoms. The fourth-order valence-corrected chi connectivity index (χ4v) is 3.78. The summed E-state index contributed by atoms with van der Waals surface area (Å²) in [5, 5.41) is 5.98. The molecule has 7 heteroatoms. The van der Waals surface area contributed by atoms with Gasteiger partial charge in [0.15, 0.2) is 0 Å². The van der Waals surface area contributed by atoms with Gasteiger partial charge >= 0.3 is 0 Å². The number of nitrogens with zero attached hydrogens (tertiary/aromatic N) is 1. The van der Waals surface area contributed by atoms with Crippen LogP contribution in [0.4, 0.5) is 4.79 Å². The number of carbonyl (C=O) groups is 3. The normalized spacial score (nSPS) is 15.9. The van der Waals surface area contributed by atoms with Gasteiger partial charge in [-0.05, 0) is 41.8 Å². The lowest BCUT2D eigenvalue weighted by Crippen LogP contribution is -2.37. The second-order valence-electron chi connectivity index (χ2n) is 5.51. The van der Waals surface area contributed by atoms with Crippen LogP contribution in [0.25, 0.3) is 6.08 Å². The molecule has 1 saturated heterocycles. The highest BCUT2D eigenvalue weighted by Crippen LogP contribution is 2.31. The predicted molar refractivity (Wildman–Crippen MR) is 101 cm³/mol. The minimum atomic E-state index is -0.319. The SMILES string of the molecule is Cc1ccc(/C=C2\SC(=O)N(CCNC(=O)c3ccsc3)C2=O)cc1. The Kier molecular flexibility index (Phi) is 5.35. The van der Waals surface area contributed by atoms with Gasteiger partial charge in [-0.1, -0.05) is 29.8 Å². The van der Waals surface area contributed by atoms with Crippen molar-refractivity contribution in [3.05, 3.63) is 62.7 Å². The summed E-state index contributed by atoms with van der Waals surface area (Å²) in [6, 6.07) is 9.45. The van der Waals surface area contributed by atoms with Crippen molar-refractivity contribution in [2.24, 2.45) is 0 Å². The third-order valence-electron chi connectivity index (χ3n) is 3.65. The zero-order valence-corrected chi connectivity index (χ0v) is 15.2. The van der Waals surface area contributed by atoms with Crippen molar-refractivity contribution < 1.29 is 14.4 Å². The molecule has 1 aliphatic rings. The van der Waals surface area contributed by atoms with Crippen LogP contribution in [0.5, 0.6) is 0 Å². The van der Waals surface area contributed by atoms with E-state index in [1.807, 2.05) is 36.6 Å². The zero-order chi connectivity index (χ0) is 17.8. The van der Waals surface area contributed by atoms with E-state index in [1.165, 1.54) is 16.2 Å². The predicted octanol–water partition coefficient (Wildman–Crippen LogP) is 3.52. The van der Waals surface area contributed by atoms with Crippen LogP contribution < -0.4 is 5.32 Å². The molecule has 0 bridgehead atoms. The Morgan fingerprint density at radius 2 is 1.96 bits per heavy atom. The number of thioether (sulfide) groups is 1. The highest BCUT2D eigenvalue weighted by atomic mass is 32.2. The van der Waals surface area contributed by atoms with Crippen LogP contribution in [-0.2, 0) is 4.79 Å². The fraction of sp³-hybridized carbons (Fsp3) is 0.167. The minimum absolute atomic E-state index is 0.159. The number of hydrogen-bond acceptors (Lipinski definition) is 5. The molecule has 2 aromatic rings. The summed E-state index contributed by atoms with van der Waals surface area (Å²) < 4.78 is 0. The molecule has 0 saturated carbocycles. The maximum Gasteiger partial charge on any atom is 0.293 e. The van der Waals surface area contributed by atoms with E-state index >= 15 is 0 Å². The lowest BCUT2D eigenvalue weighted by atomic mass is 10.1. The Bertz CT molecular complexity index is 827. The summed E-state index contributed by atoms with van der Waals surface area (Å²) in [6.07, 6.45) is 1.72. The first-order chi connectivity index (χ1) is 12.0. The number of rotatable bonds is 5. The van der Waals surface area contributed by atoms with Crippen molar-refractivity contribution in [3.63, 3.8) is 0 Å². The molecule has 3 amide bonds. The van der Waals surface area contributed by atoms with E-state index in [1.54, 1.807) is 17.5 Å². The molecule has 0 atom stereocenters. The maximum absolute atomic E-state index is 12.4. The van der Waals surface area contributed by atoms with Gasteiger partial charge in [-0.2, -0.15) is 11.3 Å². The first-order valence-corrected chi connectivity index (χ1v) is 9.43. The number of imide groups is 1. The molecule has 128 valence electrons. The standard InChI is InChI=1S/C18H16N2O3S2/c1-12-2-4-13(5-3-12)10-15-17(22)20(18(23)25-15)8-7-19-16(21)14-6-9-24-11-14/h2-6,9-11H,7-8H2,1H3,(H,19,21)/b15-10-. The van der Waals surface area contributed by atoms with Crippen LogP contribution in [0.15, 0.2) is 46.0 Å². The average molecular weight is 372 g/mol. The highest BCUT2D eigenvalue weighted by Gasteiger charge is 2.34. The van der Waals surface area contributed by atoms with Crippen molar-refractivity contribution in [1.29, 1.82) is 0 Å². The molecule has 5 nitrogen and oxygen atoms in total. The lowest BCUT2D eigenvalue weighted by molar-refractivity contribution is -0.122. The number of amides is 3. The smallest absolute Gasteiger partial charge is 0.293 e. The molecule has 0 unspecified atom stereocenters. The van der Waals surface area contributed by atoms with Crippen molar-refractivity contribution in [1.82, 2.24) is 10.2 Å². The van der Waals surface area contributed by atoms with Gasteiger partial charge in [0.25, 0.3) is 17.1 Å². The number of hydrogen-bond donors (Lipinski definition) is 1. The topological polar surface area (TPSA) is 66.5 Å². The van der Waals surface area contributed by atoms with E-state index in [2.05, 4.69) is 5.32 Å². The van der Waals surface area contributed by atoms with Gasteiger partial charge in [0.05, 0.1) is 4.91 Å². The molecule has 1 aromatic heterocycles. The zero-order valence-electron chi connectivity index (χ0n) is 13.5. The molecule has 1 N–H and O–H groups in total. The molecular formula is C18H16N2O3S2. The van der Waals surface area contributed by atoms with E-state index in [-0.39, 0.29) is 30.1 Å². The number of benzene rings is 1. The van der Waals surface area contributed by atoms with Crippen LogP contribution in [0.3, 0.4) is 0 Å². The first-order valence-electron chi connectivity index (χ1n) is 7.67. The van der Waals surface area contributed by atoms with Gasteiger partial charge in [-0.25, -0.2) is 0 Å². The van der Waals surface area contributed by atoms with Gasteiger partial charge in [0, 0.05) is 24.0 Å². The van der Waals surface area contributed by atoms with Crippen molar-refractivity contribution in [2.75, 3.05) is 13.1 Å². The molecule has 1 aromatic carbocycles. The van der Waals surface area contributed by atoms with Crippen LogP contribution in [0.2, 0.25) is 0 Å². The minimum Gasteiger partial charge on any atom is -0.350 e. The number of carbonyl (C=O) groups excluding carboxylic acids is 3. The van der Waals surface area contributed by atoms with Crippen LogP contribution in [-0.4, -0.2) is 35.0 Å². The Balaban J connectivity index is 1.59. The van der Waals surface area contributed by atoms with Crippen molar-refractivity contribution >= 4 is 46.2 Å². The summed E-state index contributed by atoms with van der Waals surface area (Å²) >= 11 is 2.36. The Hall–Kier alpha value is -2.38. The largest absolute Gasteiger partial charge is 0.350 e. The number of aryl methyl sites for hydroxylation is 1. The molecular weight excluding hydrogens is 356 g/mol. The first kappa shape index (κ1) is 17.4. The highest BCUT2D eigenvalue weighted by molar-refractivity contribution is 8.18. The van der Waals surface area contributed by atoms with Crippen molar-refractivity contribution in [3.8, 4) is 0 Å². The summed E-state index contributed by atoms with van der Waals surface area (Å²) in [5.74, 6) is -0.524. The quantitative estimate of drug-likeness (QED) is 0.816. The van der Waals surface area contributed by atoms with E-state index in [4.69, 9.17) is 0 Å². The average Bonchev–Trinajstić information content (AvgIpc) is 3.21. The second-order valence-corrected chi connectivity index (χ2v) is 7.29. The van der Waals surface area contributed by atoms with E-state index in [0.717, 1.165) is 22.9 Å².